The molecule has 2 aromatic heterocycles. The lowest BCUT2D eigenvalue weighted by atomic mass is 10.2. The molecule has 0 aliphatic heterocycles. The smallest absolute Gasteiger partial charge is 0.222 e. The summed E-state index contributed by atoms with van der Waals surface area (Å²) in [5.41, 5.74) is 1.93. The standard InChI is InChI=1S/C11H15N5O/c1-12-11-13-7-9(8-14-11)10-3-4-15-16(10)5-6-17-2/h3-4,7-8H,5-6H2,1-2H3,(H,12,13,14). The number of anilines is 1. The molecular formula is C11H15N5O. The maximum Gasteiger partial charge on any atom is 0.222 e. The van der Waals surface area contributed by atoms with Crippen molar-refractivity contribution in [2.75, 3.05) is 26.1 Å². The van der Waals surface area contributed by atoms with Gasteiger partial charge in [0.15, 0.2) is 0 Å². The molecule has 6 heteroatoms. The minimum atomic E-state index is 0.608. The summed E-state index contributed by atoms with van der Waals surface area (Å²) in [7, 11) is 3.46. The van der Waals surface area contributed by atoms with E-state index in [-0.39, 0.29) is 0 Å². The van der Waals surface area contributed by atoms with Crippen LogP contribution in [0.1, 0.15) is 0 Å². The van der Waals surface area contributed by atoms with Crippen molar-refractivity contribution in [3.63, 3.8) is 0 Å². The molecule has 2 rings (SSSR count). The highest BCUT2D eigenvalue weighted by molar-refractivity contribution is 5.57. The van der Waals surface area contributed by atoms with Crippen molar-refractivity contribution >= 4 is 5.95 Å². The summed E-state index contributed by atoms with van der Waals surface area (Å²) in [6.45, 7) is 1.34. The molecule has 0 saturated heterocycles. The molecule has 6 nitrogen and oxygen atoms in total. The minimum Gasteiger partial charge on any atom is -0.383 e. The summed E-state index contributed by atoms with van der Waals surface area (Å²) in [5, 5.41) is 7.12. The van der Waals surface area contributed by atoms with Crippen molar-refractivity contribution in [2.24, 2.45) is 0 Å². The van der Waals surface area contributed by atoms with Crippen molar-refractivity contribution in [2.45, 2.75) is 6.54 Å². The van der Waals surface area contributed by atoms with Crippen molar-refractivity contribution in [1.82, 2.24) is 19.7 Å². The Morgan fingerprint density at radius 2 is 2.12 bits per heavy atom. The quantitative estimate of drug-likeness (QED) is 0.835. The highest BCUT2D eigenvalue weighted by atomic mass is 16.5. The molecule has 0 fully saturated rings. The Balaban J connectivity index is 2.23. The largest absolute Gasteiger partial charge is 0.383 e. The van der Waals surface area contributed by atoms with Gasteiger partial charge >= 0.3 is 0 Å². The predicted molar refractivity (Wildman–Crippen MR) is 64.7 cm³/mol. The SMILES string of the molecule is CNc1ncc(-c2ccnn2CCOC)cn1. The first-order valence-electron chi connectivity index (χ1n) is 5.36. The van der Waals surface area contributed by atoms with Gasteiger partial charge in [0.1, 0.15) is 0 Å². The van der Waals surface area contributed by atoms with Crippen molar-refractivity contribution < 1.29 is 4.74 Å². The van der Waals surface area contributed by atoms with Gasteiger partial charge in [-0.1, -0.05) is 0 Å². The molecule has 0 amide bonds. The Morgan fingerprint density at radius 1 is 1.35 bits per heavy atom. The van der Waals surface area contributed by atoms with Gasteiger partial charge in [-0.3, -0.25) is 4.68 Å². The third kappa shape index (κ3) is 2.59. The molecule has 1 N–H and O–H groups in total. The van der Waals surface area contributed by atoms with E-state index in [0.29, 0.717) is 19.1 Å². The molecule has 0 radical (unpaired) electrons. The Kier molecular flexibility index (Phi) is 3.66. The first kappa shape index (κ1) is 11.5. The monoisotopic (exact) mass is 233 g/mol. The average molecular weight is 233 g/mol. The van der Waals surface area contributed by atoms with Crippen molar-refractivity contribution in [3.05, 3.63) is 24.7 Å². The van der Waals surface area contributed by atoms with Gasteiger partial charge in [-0.15, -0.1) is 0 Å². The molecule has 90 valence electrons. The molecule has 0 aliphatic carbocycles. The number of nitrogens with one attached hydrogen (secondary N) is 1. The number of hydrogen-bond donors (Lipinski definition) is 1. The maximum atomic E-state index is 5.04. The molecule has 0 aromatic carbocycles. The van der Waals surface area contributed by atoms with Gasteiger partial charge < -0.3 is 10.1 Å². The fraction of sp³-hybridized carbons (Fsp3) is 0.364. The van der Waals surface area contributed by atoms with E-state index in [4.69, 9.17) is 4.74 Å². The Morgan fingerprint density at radius 3 is 2.76 bits per heavy atom. The van der Waals surface area contributed by atoms with Crippen LogP contribution in [-0.4, -0.2) is 40.5 Å². The lowest BCUT2D eigenvalue weighted by Crippen LogP contribution is -2.07. The van der Waals surface area contributed by atoms with E-state index in [1.165, 1.54) is 0 Å². The normalized spacial score (nSPS) is 10.5. The topological polar surface area (TPSA) is 64.9 Å². The van der Waals surface area contributed by atoms with Gasteiger partial charge in [-0.05, 0) is 6.07 Å². The van der Waals surface area contributed by atoms with E-state index < -0.39 is 0 Å². The van der Waals surface area contributed by atoms with E-state index in [1.807, 2.05) is 10.7 Å². The van der Waals surface area contributed by atoms with Gasteiger partial charge in [-0.2, -0.15) is 5.10 Å². The van der Waals surface area contributed by atoms with E-state index in [1.54, 1.807) is 32.7 Å². The summed E-state index contributed by atoms with van der Waals surface area (Å²) < 4.78 is 6.92. The van der Waals surface area contributed by atoms with E-state index >= 15 is 0 Å². The van der Waals surface area contributed by atoms with Gasteiger partial charge in [0.05, 0.1) is 18.8 Å². The Hall–Kier alpha value is -1.95. The number of nitrogens with zero attached hydrogens (tertiary/aromatic N) is 4. The second-order valence-electron chi connectivity index (χ2n) is 3.48. The molecule has 0 aliphatic rings. The van der Waals surface area contributed by atoms with Gasteiger partial charge in [0.25, 0.3) is 0 Å². The summed E-state index contributed by atoms with van der Waals surface area (Å²) in [5.74, 6) is 0.608. The van der Waals surface area contributed by atoms with E-state index in [2.05, 4.69) is 20.4 Å². The van der Waals surface area contributed by atoms with E-state index in [0.717, 1.165) is 11.3 Å². The summed E-state index contributed by atoms with van der Waals surface area (Å²) in [6.07, 6.45) is 5.31. The van der Waals surface area contributed by atoms with Gasteiger partial charge in [0, 0.05) is 38.3 Å². The third-order valence-corrected chi connectivity index (χ3v) is 2.39. The number of ether oxygens (including phenoxy) is 1. The van der Waals surface area contributed by atoms with Crippen LogP contribution in [0.2, 0.25) is 0 Å². The average Bonchev–Trinajstić information content (AvgIpc) is 2.84. The van der Waals surface area contributed by atoms with Crippen LogP contribution in [0, 0.1) is 0 Å². The molecule has 0 unspecified atom stereocenters. The number of methoxy groups -OCH3 is 1. The molecule has 2 aromatic rings. The molecule has 0 atom stereocenters. The van der Waals surface area contributed by atoms with Crippen LogP contribution in [-0.2, 0) is 11.3 Å². The maximum absolute atomic E-state index is 5.04. The van der Waals surface area contributed by atoms with Crippen LogP contribution in [0.25, 0.3) is 11.3 Å². The van der Waals surface area contributed by atoms with Gasteiger partial charge in [0.2, 0.25) is 5.95 Å². The van der Waals surface area contributed by atoms with Crippen molar-refractivity contribution in [1.29, 1.82) is 0 Å². The second kappa shape index (κ2) is 5.40. The third-order valence-electron chi connectivity index (χ3n) is 2.39. The van der Waals surface area contributed by atoms with Crippen LogP contribution in [0.4, 0.5) is 5.95 Å². The molecular weight excluding hydrogens is 218 g/mol. The zero-order chi connectivity index (χ0) is 12.1. The zero-order valence-electron chi connectivity index (χ0n) is 9.92. The molecule has 0 spiro atoms. The number of aromatic nitrogens is 4. The lowest BCUT2D eigenvalue weighted by Gasteiger charge is -2.06. The van der Waals surface area contributed by atoms with Crippen LogP contribution >= 0.6 is 0 Å². The highest BCUT2D eigenvalue weighted by Gasteiger charge is 2.06. The van der Waals surface area contributed by atoms with Crippen LogP contribution in [0.3, 0.4) is 0 Å². The Labute approximate surface area is 99.7 Å². The fourth-order valence-corrected chi connectivity index (χ4v) is 1.52. The van der Waals surface area contributed by atoms with Crippen molar-refractivity contribution in [3.8, 4) is 11.3 Å². The first-order chi connectivity index (χ1) is 8.35. The second-order valence-corrected chi connectivity index (χ2v) is 3.48. The summed E-state index contributed by atoms with van der Waals surface area (Å²) in [4.78, 5) is 8.36. The van der Waals surface area contributed by atoms with Crippen LogP contribution in [0.5, 0.6) is 0 Å². The number of rotatable bonds is 5. The predicted octanol–water partition coefficient (Wildman–Crippen LogP) is 1.03. The van der Waals surface area contributed by atoms with E-state index in [9.17, 15) is 0 Å². The van der Waals surface area contributed by atoms with Crippen LogP contribution < -0.4 is 5.32 Å². The molecule has 2 heterocycles. The fourth-order valence-electron chi connectivity index (χ4n) is 1.52. The van der Waals surface area contributed by atoms with Crippen LogP contribution in [0.15, 0.2) is 24.7 Å². The molecule has 0 saturated carbocycles. The van der Waals surface area contributed by atoms with Gasteiger partial charge in [-0.25, -0.2) is 9.97 Å². The minimum absolute atomic E-state index is 0.608. The molecule has 17 heavy (non-hydrogen) atoms. The summed E-state index contributed by atoms with van der Waals surface area (Å²) >= 11 is 0. The first-order valence-corrected chi connectivity index (χ1v) is 5.36. The lowest BCUT2D eigenvalue weighted by molar-refractivity contribution is 0.184. The Bertz CT molecular complexity index is 465. The highest BCUT2D eigenvalue weighted by Crippen LogP contribution is 2.17. The number of hydrogen-bond acceptors (Lipinski definition) is 5. The molecule has 0 bridgehead atoms. The zero-order valence-corrected chi connectivity index (χ0v) is 9.92. The summed E-state index contributed by atoms with van der Waals surface area (Å²) in [6, 6.07) is 1.94.